The SMILES string of the molecule is CC1(C)[C@H](C=C(F)F)[C@@H]1C(=O)OCc1coc(Cc2ccccc2)c1. The fraction of sp³-hybridized carbons (Fsp3) is 0.350. The van der Waals surface area contributed by atoms with Crippen LogP contribution < -0.4 is 0 Å². The molecular formula is C20H20F2O3. The molecule has 1 aliphatic carbocycles. The molecule has 2 aromatic rings. The molecule has 0 aliphatic heterocycles. The Morgan fingerprint density at radius 2 is 1.96 bits per heavy atom. The molecule has 1 heterocycles. The summed E-state index contributed by atoms with van der Waals surface area (Å²) in [6.45, 7) is 3.66. The van der Waals surface area contributed by atoms with Crippen molar-refractivity contribution in [1.29, 1.82) is 0 Å². The van der Waals surface area contributed by atoms with Gasteiger partial charge in [0.15, 0.2) is 0 Å². The Morgan fingerprint density at radius 1 is 1.24 bits per heavy atom. The third-order valence-electron chi connectivity index (χ3n) is 4.78. The fourth-order valence-electron chi connectivity index (χ4n) is 3.21. The summed E-state index contributed by atoms with van der Waals surface area (Å²) in [5.74, 6) is -0.657. The third-order valence-corrected chi connectivity index (χ3v) is 4.78. The summed E-state index contributed by atoms with van der Waals surface area (Å²) in [7, 11) is 0. The second-order valence-electron chi connectivity index (χ2n) is 6.97. The van der Waals surface area contributed by atoms with E-state index >= 15 is 0 Å². The smallest absolute Gasteiger partial charge is 0.310 e. The number of allylic oxidation sites excluding steroid dienone is 1. The van der Waals surface area contributed by atoms with Crippen molar-refractivity contribution in [3.63, 3.8) is 0 Å². The molecule has 0 spiro atoms. The zero-order chi connectivity index (χ0) is 18.0. The fourth-order valence-corrected chi connectivity index (χ4v) is 3.21. The molecule has 1 saturated carbocycles. The zero-order valence-electron chi connectivity index (χ0n) is 14.2. The van der Waals surface area contributed by atoms with Crippen LogP contribution in [0.5, 0.6) is 0 Å². The maximum atomic E-state index is 12.4. The van der Waals surface area contributed by atoms with Gasteiger partial charge in [-0.2, -0.15) is 8.78 Å². The Labute approximate surface area is 145 Å². The van der Waals surface area contributed by atoms with Crippen LogP contribution >= 0.6 is 0 Å². The second-order valence-corrected chi connectivity index (χ2v) is 6.97. The monoisotopic (exact) mass is 346 g/mol. The Hall–Kier alpha value is -2.43. The largest absolute Gasteiger partial charge is 0.469 e. The van der Waals surface area contributed by atoms with Gasteiger partial charge in [-0.1, -0.05) is 44.2 Å². The molecule has 1 aliphatic rings. The van der Waals surface area contributed by atoms with Gasteiger partial charge in [-0.05, 0) is 23.1 Å². The number of ether oxygens (including phenoxy) is 1. The van der Waals surface area contributed by atoms with E-state index in [1.807, 2.05) is 36.4 Å². The molecular weight excluding hydrogens is 326 g/mol. The van der Waals surface area contributed by atoms with Crippen molar-refractivity contribution in [1.82, 2.24) is 0 Å². The first-order valence-electron chi connectivity index (χ1n) is 8.17. The van der Waals surface area contributed by atoms with E-state index in [0.29, 0.717) is 6.42 Å². The van der Waals surface area contributed by atoms with Crippen LogP contribution in [0.3, 0.4) is 0 Å². The summed E-state index contributed by atoms with van der Waals surface area (Å²) in [5.41, 5.74) is 1.39. The molecule has 25 heavy (non-hydrogen) atoms. The number of benzene rings is 1. The lowest BCUT2D eigenvalue weighted by Gasteiger charge is -2.03. The molecule has 1 aromatic heterocycles. The van der Waals surface area contributed by atoms with Crippen molar-refractivity contribution >= 4 is 5.97 Å². The number of halogens is 2. The highest BCUT2D eigenvalue weighted by Gasteiger charge is 2.61. The first-order chi connectivity index (χ1) is 11.9. The van der Waals surface area contributed by atoms with Gasteiger partial charge in [0.05, 0.1) is 12.2 Å². The Kier molecular flexibility index (Phi) is 4.75. The van der Waals surface area contributed by atoms with Gasteiger partial charge in [-0.15, -0.1) is 0 Å². The van der Waals surface area contributed by atoms with Crippen molar-refractivity contribution < 1.29 is 22.7 Å². The van der Waals surface area contributed by atoms with E-state index in [1.54, 1.807) is 20.1 Å². The Bertz CT molecular complexity index is 773. The molecule has 0 bridgehead atoms. The van der Waals surface area contributed by atoms with Gasteiger partial charge in [0.25, 0.3) is 6.08 Å². The second kappa shape index (κ2) is 6.82. The molecule has 3 rings (SSSR count). The Balaban J connectivity index is 1.54. The van der Waals surface area contributed by atoms with Crippen molar-refractivity contribution in [2.24, 2.45) is 17.3 Å². The first kappa shape index (κ1) is 17.4. The number of rotatable bonds is 6. The van der Waals surface area contributed by atoms with E-state index in [0.717, 1.165) is 23.0 Å². The molecule has 0 saturated heterocycles. The number of carbonyl (C=O) groups is 1. The van der Waals surface area contributed by atoms with E-state index in [-0.39, 0.29) is 6.61 Å². The summed E-state index contributed by atoms with van der Waals surface area (Å²) in [4.78, 5) is 12.2. The maximum absolute atomic E-state index is 12.4. The molecule has 0 amide bonds. The molecule has 1 aromatic carbocycles. The molecule has 1 fully saturated rings. The standard InChI is InChI=1S/C20H20F2O3/c1-20(2)16(10-17(21)22)18(20)19(23)25-12-14-9-15(24-11-14)8-13-6-4-3-5-7-13/h3-7,9-11,16,18H,8,12H2,1-2H3/t16-,18-/m1/s1. The average molecular weight is 346 g/mol. The summed E-state index contributed by atoms with van der Waals surface area (Å²) < 4.78 is 35.7. The highest BCUT2D eigenvalue weighted by atomic mass is 19.3. The molecule has 0 radical (unpaired) electrons. The van der Waals surface area contributed by atoms with Crippen LogP contribution in [0.25, 0.3) is 0 Å². The first-order valence-corrected chi connectivity index (χ1v) is 8.17. The molecule has 0 unspecified atom stereocenters. The van der Waals surface area contributed by atoms with Crippen LogP contribution in [-0.4, -0.2) is 5.97 Å². The number of carbonyl (C=O) groups excluding carboxylic acids is 1. The average Bonchev–Trinajstić information content (AvgIpc) is 2.90. The predicted octanol–water partition coefficient (Wildman–Crippen LogP) is 4.97. The Morgan fingerprint density at radius 3 is 2.64 bits per heavy atom. The number of hydrogen-bond acceptors (Lipinski definition) is 3. The lowest BCUT2D eigenvalue weighted by Crippen LogP contribution is -2.10. The van der Waals surface area contributed by atoms with E-state index < -0.39 is 29.3 Å². The topological polar surface area (TPSA) is 39.4 Å². The summed E-state index contributed by atoms with van der Waals surface area (Å²) in [6, 6.07) is 11.7. The van der Waals surface area contributed by atoms with E-state index in [1.165, 1.54) is 0 Å². The lowest BCUT2D eigenvalue weighted by atomic mass is 10.1. The van der Waals surface area contributed by atoms with Crippen molar-refractivity contribution in [2.45, 2.75) is 26.9 Å². The molecule has 2 atom stereocenters. The normalized spacial score (nSPS) is 20.8. The van der Waals surface area contributed by atoms with Gasteiger partial charge < -0.3 is 9.15 Å². The van der Waals surface area contributed by atoms with Crippen molar-refractivity contribution in [3.8, 4) is 0 Å². The van der Waals surface area contributed by atoms with Gasteiger partial charge in [-0.3, -0.25) is 4.79 Å². The molecule has 0 N–H and O–H groups in total. The highest BCUT2D eigenvalue weighted by Crippen LogP contribution is 2.60. The summed E-state index contributed by atoms with van der Waals surface area (Å²) in [5, 5.41) is 0. The van der Waals surface area contributed by atoms with E-state index in [4.69, 9.17) is 9.15 Å². The quantitative estimate of drug-likeness (QED) is 0.694. The van der Waals surface area contributed by atoms with Crippen molar-refractivity contribution in [3.05, 3.63) is 71.7 Å². The maximum Gasteiger partial charge on any atom is 0.310 e. The van der Waals surface area contributed by atoms with Crippen molar-refractivity contribution in [2.75, 3.05) is 0 Å². The van der Waals surface area contributed by atoms with Gasteiger partial charge in [0.2, 0.25) is 0 Å². The van der Waals surface area contributed by atoms with Crippen LogP contribution in [-0.2, 0) is 22.6 Å². The van der Waals surface area contributed by atoms with Gasteiger partial charge in [0.1, 0.15) is 12.4 Å². The van der Waals surface area contributed by atoms with Crippen LogP contribution in [0.1, 0.15) is 30.7 Å². The van der Waals surface area contributed by atoms with Crippen LogP contribution in [0.15, 0.2) is 59.2 Å². The van der Waals surface area contributed by atoms with Gasteiger partial charge >= 0.3 is 5.97 Å². The van der Waals surface area contributed by atoms with Crippen LogP contribution in [0.2, 0.25) is 0 Å². The van der Waals surface area contributed by atoms with E-state index in [9.17, 15) is 13.6 Å². The number of furan rings is 1. The van der Waals surface area contributed by atoms with Crippen LogP contribution in [0.4, 0.5) is 8.78 Å². The summed E-state index contributed by atoms with van der Waals surface area (Å²) in [6.07, 6.45) is 1.31. The van der Waals surface area contributed by atoms with E-state index in [2.05, 4.69) is 0 Å². The molecule has 132 valence electrons. The van der Waals surface area contributed by atoms with Gasteiger partial charge in [0, 0.05) is 17.9 Å². The number of esters is 1. The van der Waals surface area contributed by atoms with Crippen LogP contribution in [0, 0.1) is 17.3 Å². The third kappa shape index (κ3) is 3.98. The highest BCUT2D eigenvalue weighted by molar-refractivity contribution is 5.78. The molecule has 3 nitrogen and oxygen atoms in total. The molecule has 5 heteroatoms. The zero-order valence-corrected chi connectivity index (χ0v) is 14.2. The predicted molar refractivity (Wildman–Crippen MR) is 88.8 cm³/mol. The number of hydrogen-bond donors (Lipinski definition) is 0. The minimum Gasteiger partial charge on any atom is -0.469 e. The summed E-state index contributed by atoms with van der Waals surface area (Å²) >= 11 is 0. The van der Waals surface area contributed by atoms with Gasteiger partial charge in [-0.25, -0.2) is 0 Å². The minimum atomic E-state index is -1.76. The lowest BCUT2D eigenvalue weighted by molar-refractivity contribution is -0.147. The minimum absolute atomic E-state index is 0.0816.